The van der Waals surface area contributed by atoms with E-state index in [0.717, 1.165) is 12.8 Å². The van der Waals surface area contributed by atoms with Crippen LogP contribution in [-0.4, -0.2) is 26.4 Å². The van der Waals surface area contributed by atoms with Gasteiger partial charge in [0.1, 0.15) is 0 Å². The summed E-state index contributed by atoms with van der Waals surface area (Å²) in [5.41, 5.74) is -5.21. The fourth-order valence-corrected chi connectivity index (χ4v) is 16.3. The molecule has 0 amide bonds. The minimum absolute atomic E-state index is 0.376. The van der Waals surface area contributed by atoms with Gasteiger partial charge < -0.3 is 18.1 Å². The van der Waals surface area contributed by atoms with Crippen LogP contribution < -0.4 is 0 Å². The maximum atomic E-state index is 6.02. The van der Waals surface area contributed by atoms with Crippen molar-refractivity contribution in [1.82, 2.24) is 0 Å². The van der Waals surface area contributed by atoms with Crippen molar-refractivity contribution < 1.29 is 18.1 Å². The van der Waals surface area contributed by atoms with Crippen molar-refractivity contribution in [2.75, 3.05) is 26.4 Å². The molecule has 0 aromatic rings. The Balaban J connectivity index is 5.17. The number of unbranched alkanes of at least 4 members (excludes halogenated alkanes) is 1. The normalized spacial score (nSPS) is 15.3. The summed E-state index contributed by atoms with van der Waals surface area (Å²) >= 11 is 12.9. The van der Waals surface area contributed by atoms with Gasteiger partial charge in [0.15, 0.2) is 0 Å². The molecule has 0 saturated carbocycles. The highest BCUT2D eigenvalue weighted by Crippen LogP contribution is 2.80. The van der Waals surface area contributed by atoms with Gasteiger partial charge in [-0.3, -0.25) is 0 Å². The third-order valence-electron chi connectivity index (χ3n) is 2.65. The molecule has 1 unspecified atom stereocenters. The molecule has 0 saturated heterocycles. The molecule has 0 spiro atoms. The molecule has 0 aliphatic heterocycles. The van der Waals surface area contributed by atoms with Crippen molar-refractivity contribution in [3.8, 4) is 0 Å². The minimum atomic E-state index is -2.61. The zero-order valence-electron chi connectivity index (χ0n) is 16.7. The number of hydrogen-bond acceptors (Lipinski definition) is 7. The molecule has 0 aromatic heterocycles. The third-order valence-corrected chi connectivity index (χ3v) is 15.9. The van der Waals surface area contributed by atoms with Crippen molar-refractivity contribution in [3.63, 3.8) is 0 Å². The van der Waals surface area contributed by atoms with Crippen molar-refractivity contribution >= 4 is 46.0 Å². The highest BCUT2D eigenvalue weighted by atomic mass is 33.2. The van der Waals surface area contributed by atoms with Gasteiger partial charge in [0.2, 0.25) is 0 Å². The van der Waals surface area contributed by atoms with E-state index in [2.05, 4.69) is 48.5 Å². The van der Waals surface area contributed by atoms with Crippen LogP contribution >= 0.6 is 22.4 Å². The van der Waals surface area contributed by atoms with Crippen LogP contribution in [0.4, 0.5) is 0 Å². The fourth-order valence-electron chi connectivity index (χ4n) is 1.33. The zero-order chi connectivity index (χ0) is 19.5. The van der Waals surface area contributed by atoms with E-state index in [1.165, 1.54) is 11.0 Å². The van der Waals surface area contributed by atoms with Crippen LogP contribution in [0.2, 0.25) is 0 Å². The predicted octanol–water partition coefficient (Wildman–Crippen LogP) is 7.00. The lowest BCUT2D eigenvalue weighted by molar-refractivity contribution is 0.218. The van der Waals surface area contributed by atoms with E-state index >= 15 is 0 Å². The van der Waals surface area contributed by atoms with Gasteiger partial charge in [-0.1, -0.05) is 54.9 Å². The Kier molecular flexibility index (Phi) is 14.4. The first-order valence-electron chi connectivity index (χ1n) is 9.01. The second kappa shape index (κ2) is 13.6. The summed E-state index contributed by atoms with van der Waals surface area (Å²) in [6.07, 6.45) is 2.00. The molecule has 0 fully saturated rings. The molecule has 0 radical (unpaired) electrons. The molecule has 9 heteroatoms. The highest BCUT2D eigenvalue weighted by molar-refractivity contribution is 8.96. The summed E-state index contributed by atoms with van der Waals surface area (Å²) in [5.74, 6) is 1.13. The summed E-state index contributed by atoms with van der Waals surface area (Å²) in [6.45, 7) is 16.9. The Morgan fingerprint density at radius 3 is 1.40 bits per heavy atom. The van der Waals surface area contributed by atoms with E-state index in [9.17, 15) is 0 Å². The van der Waals surface area contributed by atoms with E-state index in [-0.39, 0.29) is 0 Å². The lowest BCUT2D eigenvalue weighted by Crippen LogP contribution is -2.06. The van der Waals surface area contributed by atoms with Gasteiger partial charge in [0.25, 0.3) is 11.4 Å². The zero-order valence-corrected chi connectivity index (χ0v) is 21.0. The van der Waals surface area contributed by atoms with Gasteiger partial charge in [-0.05, 0) is 47.8 Å². The molecule has 152 valence electrons. The van der Waals surface area contributed by atoms with Crippen molar-refractivity contribution in [3.05, 3.63) is 0 Å². The maximum absolute atomic E-state index is 6.02. The first-order chi connectivity index (χ1) is 11.5. The molecule has 0 rings (SSSR count). The summed E-state index contributed by atoms with van der Waals surface area (Å²) in [7, 11) is 0. The topological polar surface area (TPSA) is 36.9 Å². The number of rotatable bonds is 15. The molecular formula is C16H36O4P2S3. The summed E-state index contributed by atoms with van der Waals surface area (Å²) < 4.78 is 24.0. The Morgan fingerprint density at radius 2 is 1.08 bits per heavy atom. The second-order valence-electron chi connectivity index (χ2n) is 7.23. The average Bonchev–Trinajstić information content (AvgIpc) is 2.50. The van der Waals surface area contributed by atoms with Gasteiger partial charge in [-0.25, -0.2) is 0 Å². The monoisotopic (exact) mass is 450 g/mol. The first-order valence-corrected chi connectivity index (χ1v) is 16.3. The lowest BCUT2D eigenvalue weighted by atomic mass is 10.2. The van der Waals surface area contributed by atoms with E-state index < -0.39 is 11.4 Å². The molecule has 4 nitrogen and oxygen atoms in total. The van der Waals surface area contributed by atoms with Crippen molar-refractivity contribution in [2.24, 2.45) is 17.8 Å². The third kappa shape index (κ3) is 14.2. The van der Waals surface area contributed by atoms with Gasteiger partial charge in [-0.15, -0.1) is 0 Å². The van der Waals surface area contributed by atoms with E-state index in [4.69, 9.17) is 41.7 Å². The van der Waals surface area contributed by atoms with Crippen molar-refractivity contribution in [2.45, 2.75) is 61.3 Å². The SMILES string of the molecule is CCCCOP(=S)(OCC(C)C)SP(=S)(OCC(C)C)OCC(C)C. The summed E-state index contributed by atoms with van der Waals surface area (Å²) in [5, 5.41) is 0. The van der Waals surface area contributed by atoms with E-state index in [1.807, 2.05) is 0 Å². The van der Waals surface area contributed by atoms with Gasteiger partial charge in [0, 0.05) is 11.0 Å². The lowest BCUT2D eigenvalue weighted by Gasteiger charge is -2.29. The molecule has 0 bridgehead atoms. The average molecular weight is 451 g/mol. The first kappa shape index (κ1) is 26.5. The minimum Gasteiger partial charge on any atom is -0.321 e. The van der Waals surface area contributed by atoms with Crippen molar-refractivity contribution in [1.29, 1.82) is 0 Å². The van der Waals surface area contributed by atoms with Gasteiger partial charge in [-0.2, -0.15) is 0 Å². The largest absolute Gasteiger partial charge is 0.321 e. The Bertz CT molecular complexity index is 429. The molecule has 25 heavy (non-hydrogen) atoms. The second-order valence-corrected chi connectivity index (χ2v) is 19.3. The van der Waals surface area contributed by atoms with Crippen LogP contribution in [0, 0.1) is 17.8 Å². The van der Waals surface area contributed by atoms with Crippen LogP contribution in [0.3, 0.4) is 0 Å². The quantitative estimate of drug-likeness (QED) is 0.196. The highest BCUT2D eigenvalue weighted by Gasteiger charge is 2.33. The number of hydrogen-bond donors (Lipinski definition) is 0. The molecule has 0 aromatic carbocycles. The van der Waals surface area contributed by atoms with Crippen LogP contribution in [0.25, 0.3) is 0 Å². The molecule has 0 aliphatic carbocycles. The van der Waals surface area contributed by atoms with Crippen LogP contribution in [0.5, 0.6) is 0 Å². The molecule has 0 N–H and O–H groups in total. The van der Waals surface area contributed by atoms with Crippen LogP contribution in [0.15, 0.2) is 0 Å². The smallest absolute Gasteiger partial charge is 0.256 e. The molecule has 0 aliphatic rings. The predicted molar refractivity (Wildman–Crippen MR) is 119 cm³/mol. The fraction of sp³-hybridized carbons (Fsp3) is 1.00. The molecule has 1 atom stereocenters. The van der Waals surface area contributed by atoms with E-state index in [1.54, 1.807) is 0 Å². The van der Waals surface area contributed by atoms with Gasteiger partial charge in [0.05, 0.1) is 26.4 Å². The summed E-state index contributed by atoms with van der Waals surface area (Å²) in [6, 6.07) is 0. The van der Waals surface area contributed by atoms with Gasteiger partial charge >= 0.3 is 0 Å². The Morgan fingerprint density at radius 1 is 0.720 bits per heavy atom. The Labute approximate surface area is 169 Å². The summed E-state index contributed by atoms with van der Waals surface area (Å²) in [4.78, 5) is 0. The standard InChI is InChI=1S/C16H36O4P2S3/c1-8-9-10-17-21(23,18-11-14(2)3)25-22(24,19-12-15(4)5)20-13-16(6)7/h14-16H,8-13H2,1-7H3. The van der Waals surface area contributed by atoms with E-state index in [0.29, 0.717) is 44.2 Å². The maximum Gasteiger partial charge on any atom is 0.256 e. The van der Waals surface area contributed by atoms with Crippen LogP contribution in [-0.2, 0) is 41.7 Å². The Hall–Kier alpha value is 1.49. The molecule has 0 heterocycles. The van der Waals surface area contributed by atoms with Crippen LogP contribution in [0.1, 0.15) is 61.3 Å². The molecular weight excluding hydrogens is 414 g/mol.